The van der Waals surface area contributed by atoms with E-state index >= 15 is 0 Å². The molecule has 92 valence electrons. The molecule has 0 amide bonds. The van der Waals surface area contributed by atoms with Crippen molar-refractivity contribution < 1.29 is 9.53 Å². The maximum Gasteiger partial charge on any atom is 0.327 e. The maximum absolute atomic E-state index is 12.1. The van der Waals surface area contributed by atoms with Gasteiger partial charge in [-0.15, -0.1) is 0 Å². The molecule has 0 spiro atoms. The lowest BCUT2D eigenvalue weighted by Crippen LogP contribution is -2.56. The first-order chi connectivity index (χ1) is 7.77. The van der Waals surface area contributed by atoms with Gasteiger partial charge in [0.05, 0.1) is 6.61 Å². The molecule has 1 heterocycles. The van der Waals surface area contributed by atoms with Crippen molar-refractivity contribution in [2.45, 2.75) is 50.6 Å². The van der Waals surface area contributed by atoms with E-state index in [1.165, 1.54) is 25.7 Å². The van der Waals surface area contributed by atoms with Crippen molar-refractivity contribution in [1.29, 1.82) is 0 Å². The first-order valence-corrected chi connectivity index (χ1v) is 7.45. The van der Waals surface area contributed by atoms with Crippen LogP contribution in [-0.4, -0.2) is 35.7 Å². The second-order valence-corrected chi connectivity index (χ2v) is 5.84. The van der Waals surface area contributed by atoms with E-state index in [9.17, 15) is 4.79 Å². The van der Waals surface area contributed by atoms with Crippen LogP contribution < -0.4 is 5.32 Å². The molecule has 4 heteroatoms. The summed E-state index contributed by atoms with van der Waals surface area (Å²) < 4.78 is 5.22. The highest BCUT2D eigenvalue weighted by Crippen LogP contribution is 2.32. The number of hydrogen-bond acceptors (Lipinski definition) is 4. The van der Waals surface area contributed by atoms with Gasteiger partial charge in [0.1, 0.15) is 5.54 Å². The SMILES string of the molecule is CCOC(=O)C1(NC2CCCC2)CCSC1. The molecular formula is C12H21NO2S. The molecule has 0 aromatic rings. The fourth-order valence-electron chi connectivity index (χ4n) is 2.63. The van der Waals surface area contributed by atoms with Crippen LogP contribution in [0.2, 0.25) is 0 Å². The normalized spacial score (nSPS) is 30.8. The average Bonchev–Trinajstić information content (AvgIpc) is 2.91. The zero-order chi connectivity index (χ0) is 11.4. The summed E-state index contributed by atoms with van der Waals surface area (Å²) >= 11 is 1.86. The molecule has 2 rings (SSSR count). The number of carbonyl (C=O) groups is 1. The Morgan fingerprint density at radius 2 is 2.25 bits per heavy atom. The Bertz CT molecular complexity index is 245. The largest absolute Gasteiger partial charge is 0.465 e. The zero-order valence-corrected chi connectivity index (χ0v) is 10.8. The van der Waals surface area contributed by atoms with Crippen LogP contribution in [0.5, 0.6) is 0 Å². The summed E-state index contributed by atoms with van der Waals surface area (Å²) in [5.74, 6) is 1.91. The van der Waals surface area contributed by atoms with Gasteiger partial charge in [0, 0.05) is 11.8 Å². The number of ether oxygens (including phenoxy) is 1. The van der Waals surface area contributed by atoms with Crippen LogP contribution in [0, 0.1) is 0 Å². The number of esters is 1. The van der Waals surface area contributed by atoms with E-state index < -0.39 is 0 Å². The highest BCUT2D eigenvalue weighted by molar-refractivity contribution is 7.99. The molecule has 1 saturated carbocycles. The molecule has 0 aromatic heterocycles. The van der Waals surface area contributed by atoms with E-state index in [1.54, 1.807) is 0 Å². The van der Waals surface area contributed by atoms with Crippen molar-refractivity contribution in [2.24, 2.45) is 0 Å². The second-order valence-electron chi connectivity index (χ2n) is 4.73. The highest BCUT2D eigenvalue weighted by Gasteiger charge is 2.44. The van der Waals surface area contributed by atoms with Crippen molar-refractivity contribution in [3.05, 3.63) is 0 Å². The Kier molecular flexibility index (Phi) is 4.14. The molecule has 0 radical (unpaired) electrons. The van der Waals surface area contributed by atoms with Gasteiger partial charge in [-0.1, -0.05) is 12.8 Å². The predicted molar refractivity (Wildman–Crippen MR) is 66.7 cm³/mol. The van der Waals surface area contributed by atoms with Gasteiger partial charge < -0.3 is 4.74 Å². The summed E-state index contributed by atoms with van der Waals surface area (Å²) in [4.78, 5) is 12.1. The molecule has 2 fully saturated rings. The Morgan fingerprint density at radius 1 is 1.50 bits per heavy atom. The van der Waals surface area contributed by atoms with E-state index in [4.69, 9.17) is 4.74 Å². The molecule has 3 nitrogen and oxygen atoms in total. The summed E-state index contributed by atoms with van der Waals surface area (Å²) in [6.07, 6.45) is 5.94. The lowest BCUT2D eigenvalue weighted by atomic mass is 9.97. The van der Waals surface area contributed by atoms with Gasteiger partial charge in [-0.05, 0) is 31.9 Å². The monoisotopic (exact) mass is 243 g/mol. The Balaban J connectivity index is 1.99. The lowest BCUT2D eigenvalue weighted by molar-refractivity contribution is -0.150. The third-order valence-electron chi connectivity index (χ3n) is 3.52. The molecule has 16 heavy (non-hydrogen) atoms. The van der Waals surface area contributed by atoms with Gasteiger partial charge in [0.2, 0.25) is 0 Å². The summed E-state index contributed by atoms with van der Waals surface area (Å²) in [5, 5.41) is 3.58. The number of nitrogens with one attached hydrogen (secondary N) is 1. The predicted octanol–water partition coefficient (Wildman–Crippen LogP) is 1.96. The third kappa shape index (κ3) is 2.54. The van der Waals surface area contributed by atoms with Gasteiger partial charge in [0.25, 0.3) is 0 Å². The minimum absolute atomic E-state index is 0.0353. The number of rotatable bonds is 4. The van der Waals surface area contributed by atoms with Crippen LogP contribution in [0.3, 0.4) is 0 Å². The summed E-state index contributed by atoms with van der Waals surface area (Å²) in [7, 11) is 0. The van der Waals surface area contributed by atoms with Crippen molar-refractivity contribution in [3.8, 4) is 0 Å². The van der Waals surface area contributed by atoms with Crippen molar-refractivity contribution in [1.82, 2.24) is 5.32 Å². The van der Waals surface area contributed by atoms with E-state index in [0.29, 0.717) is 12.6 Å². The van der Waals surface area contributed by atoms with Gasteiger partial charge in [-0.25, -0.2) is 0 Å². The Morgan fingerprint density at radius 3 is 2.81 bits per heavy atom. The summed E-state index contributed by atoms with van der Waals surface area (Å²) in [6.45, 7) is 2.36. The first-order valence-electron chi connectivity index (χ1n) is 6.29. The molecule has 1 N–H and O–H groups in total. The van der Waals surface area contributed by atoms with Crippen LogP contribution in [0.4, 0.5) is 0 Å². The molecule has 1 atom stereocenters. The van der Waals surface area contributed by atoms with Crippen molar-refractivity contribution in [3.63, 3.8) is 0 Å². The molecule has 0 aromatic carbocycles. The first kappa shape index (κ1) is 12.2. The van der Waals surface area contributed by atoms with E-state index in [2.05, 4.69) is 5.32 Å². The zero-order valence-electron chi connectivity index (χ0n) is 9.96. The van der Waals surface area contributed by atoms with Crippen molar-refractivity contribution >= 4 is 17.7 Å². The van der Waals surface area contributed by atoms with E-state index in [-0.39, 0.29) is 11.5 Å². The van der Waals surface area contributed by atoms with Gasteiger partial charge in [0.15, 0.2) is 0 Å². The minimum Gasteiger partial charge on any atom is -0.465 e. The van der Waals surface area contributed by atoms with Crippen LogP contribution in [0.1, 0.15) is 39.0 Å². The molecule has 1 aliphatic heterocycles. The minimum atomic E-state index is -0.379. The highest BCUT2D eigenvalue weighted by atomic mass is 32.2. The topological polar surface area (TPSA) is 38.3 Å². The number of hydrogen-bond donors (Lipinski definition) is 1. The van der Waals surface area contributed by atoms with E-state index in [1.807, 2.05) is 18.7 Å². The number of carbonyl (C=O) groups excluding carboxylic acids is 1. The fourth-order valence-corrected chi connectivity index (χ4v) is 3.96. The average molecular weight is 243 g/mol. The maximum atomic E-state index is 12.1. The van der Waals surface area contributed by atoms with Crippen LogP contribution in [0.15, 0.2) is 0 Å². The molecule has 0 bridgehead atoms. The van der Waals surface area contributed by atoms with Crippen LogP contribution >= 0.6 is 11.8 Å². The summed E-state index contributed by atoms with van der Waals surface area (Å²) in [5.41, 5.74) is -0.379. The molecule has 1 aliphatic carbocycles. The standard InChI is InChI=1S/C12H21NO2S/c1-2-15-11(14)12(7-8-16-9-12)13-10-5-3-4-6-10/h10,13H,2-9H2,1H3. The Labute approximate surface area is 102 Å². The van der Waals surface area contributed by atoms with Gasteiger partial charge in [-0.2, -0.15) is 11.8 Å². The number of thioether (sulfide) groups is 1. The lowest BCUT2D eigenvalue weighted by Gasteiger charge is -2.30. The fraction of sp³-hybridized carbons (Fsp3) is 0.917. The molecule has 1 saturated heterocycles. The summed E-state index contributed by atoms with van der Waals surface area (Å²) in [6, 6.07) is 0.531. The second kappa shape index (κ2) is 5.41. The molecule has 2 aliphatic rings. The van der Waals surface area contributed by atoms with Crippen molar-refractivity contribution in [2.75, 3.05) is 18.1 Å². The van der Waals surface area contributed by atoms with Crippen LogP contribution in [-0.2, 0) is 9.53 Å². The van der Waals surface area contributed by atoms with Gasteiger partial charge in [-0.3, -0.25) is 10.1 Å². The van der Waals surface area contributed by atoms with Crippen LogP contribution in [0.25, 0.3) is 0 Å². The van der Waals surface area contributed by atoms with E-state index in [0.717, 1.165) is 17.9 Å². The van der Waals surface area contributed by atoms with Gasteiger partial charge >= 0.3 is 5.97 Å². The Hall–Kier alpha value is -0.220. The smallest absolute Gasteiger partial charge is 0.327 e. The molecule has 1 unspecified atom stereocenters. The molecular weight excluding hydrogens is 222 g/mol. The third-order valence-corrected chi connectivity index (χ3v) is 4.71. The quantitative estimate of drug-likeness (QED) is 0.766.